The summed E-state index contributed by atoms with van der Waals surface area (Å²) in [6, 6.07) is 3.81. The molecular formula is C14H17N5. The molecule has 5 heteroatoms. The normalized spacial score (nSPS) is 11.5. The second-order valence-electron chi connectivity index (χ2n) is 4.59. The van der Waals surface area contributed by atoms with Crippen LogP contribution in [0.4, 0.5) is 5.82 Å². The van der Waals surface area contributed by atoms with Crippen molar-refractivity contribution in [2.75, 3.05) is 5.73 Å². The number of pyridine rings is 2. The molecule has 3 rings (SSSR count). The average molecular weight is 255 g/mol. The quantitative estimate of drug-likeness (QED) is 0.780. The smallest absolute Gasteiger partial charge is 0.152 e. The summed E-state index contributed by atoms with van der Waals surface area (Å²) in [5.74, 6) is 1.55. The Morgan fingerprint density at radius 1 is 1.21 bits per heavy atom. The first-order valence-corrected chi connectivity index (χ1v) is 6.65. The summed E-state index contributed by atoms with van der Waals surface area (Å²) in [5.41, 5.74) is 9.53. The molecule has 19 heavy (non-hydrogen) atoms. The summed E-state index contributed by atoms with van der Waals surface area (Å²) in [7, 11) is 0. The van der Waals surface area contributed by atoms with Crippen molar-refractivity contribution in [2.45, 2.75) is 33.2 Å². The highest BCUT2D eigenvalue weighted by molar-refractivity contribution is 6.04. The Labute approximate surface area is 111 Å². The second kappa shape index (κ2) is 4.50. The topological polar surface area (TPSA) is 69.6 Å². The predicted octanol–water partition coefficient (Wildman–Crippen LogP) is 2.53. The van der Waals surface area contributed by atoms with Gasteiger partial charge < -0.3 is 10.3 Å². The molecule has 0 aliphatic rings. The van der Waals surface area contributed by atoms with Crippen LogP contribution in [-0.2, 0) is 13.0 Å². The minimum atomic E-state index is 0.486. The number of nitrogens with two attached hydrogens (primary N) is 1. The van der Waals surface area contributed by atoms with Gasteiger partial charge in [0, 0.05) is 19.2 Å². The van der Waals surface area contributed by atoms with Crippen LogP contribution in [0.5, 0.6) is 0 Å². The molecule has 0 aliphatic heterocycles. The van der Waals surface area contributed by atoms with E-state index in [1.54, 1.807) is 6.20 Å². The zero-order chi connectivity index (χ0) is 13.4. The van der Waals surface area contributed by atoms with Gasteiger partial charge in [0.15, 0.2) is 5.82 Å². The summed E-state index contributed by atoms with van der Waals surface area (Å²) in [6.07, 6.45) is 3.78. The lowest BCUT2D eigenvalue weighted by Gasteiger charge is -2.06. The minimum Gasteiger partial charge on any atom is -0.382 e. The highest BCUT2D eigenvalue weighted by Crippen LogP contribution is 2.27. The van der Waals surface area contributed by atoms with E-state index in [2.05, 4.69) is 33.4 Å². The summed E-state index contributed by atoms with van der Waals surface area (Å²) in [6.45, 7) is 5.13. The predicted molar refractivity (Wildman–Crippen MR) is 76.9 cm³/mol. The maximum atomic E-state index is 6.04. The van der Waals surface area contributed by atoms with Crippen LogP contribution < -0.4 is 5.73 Å². The molecule has 0 saturated heterocycles. The largest absolute Gasteiger partial charge is 0.382 e. The Kier molecular flexibility index (Phi) is 2.81. The van der Waals surface area contributed by atoms with E-state index in [1.807, 2.05) is 12.1 Å². The van der Waals surface area contributed by atoms with Crippen LogP contribution in [0.3, 0.4) is 0 Å². The van der Waals surface area contributed by atoms with Gasteiger partial charge in [-0.3, -0.25) is 4.98 Å². The highest BCUT2D eigenvalue weighted by atomic mass is 15.1. The zero-order valence-corrected chi connectivity index (χ0v) is 11.2. The molecule has 0 aliphatic carbocycles. The zero-order valence-electron chi connectivity index (χ0n) is 11.2. The van der Waals surface area contributed by atoms with Crippen molar-refractivity contribution >= 4 is 27.9 Å². The Balaban J connectivity index is 2.47. The number of imidazole rings is 1. The summed E-state index contributed by atoms with van der Waals surface area (Å²) in [5, 5.41) is 0. The van der Waals surface area contributed by atoms with Gasteiger partial charge in [-0.1, -0.05) is 6.92 Å². The second-order valence-corrected chi connectivity index (χ2v) is 4.59. The van der Waals surface area contributed by atoms with Crippen LogP contribution in [0.15, 0.2) is 18.3 Å². The number of nitrogen functional groups attached to an aromatic ring is 1. The van der Waals surface area contributed by atoms with Gasteiger partial charge in [-0.2, -0.15) is 0 Å². The average Bonchev–Trinajstić information content (AvgIpc) is 2.78. The van der Waals surface area contributed by atoms with Gasteiger partial charge in [0.2, 0.25) is 0 Å². The van der Waals surface area contributed by atoms with E-state index in [0.29, 0.717) is 5.82 Å². The van der Waals surface area contributed by atoms with Gasteiger partial charge >= 0.3 is 0 Å². The fourth-order valence-corrected chi connectivity index (χ4v) is 2.53. The maximum absolute atomic E-state index is 6.04. The third kappa shape index (κ3) is 1.73. The molecule has 0 saturated carbocycles. The molecule has 0 amide bonds. The lowest BCUT2D eigenvalue weighted by molar-refractivity contribution is 0.701. The molecule has 3 heterocycles. The maximum Gasteiger partial charge on any atom is 0.152 e. The number of hydrogen-bond donors (Lipinski definition) is 1. The van der Waals surface area contributed by atoms with Gasteiger partial charge in [-0.05, 0) is 25.5 Å². The molecule has 3 aromatic heterocycles. The number of rotatable bonds is 3. The van der Waals surface area contributed by atoms with Crippen LogP contribution in [0.2, 0.25) is 0 Å². The molecule has 0 atom stereocenters. The van der Waals surface area contributed by atoms with Gasteiger partial charge in [0.1, 0.15) is 22.4 Å². The van der Waals surface area contributed by atoms with Crippen molar-refractivity contribution in [1.82, 2.24) is 19.5 Å². The summed E-state index contributed by atoms with van der Waals surface area (Å²) >= 11 is 0. The first-order chi connectivity index (χ1) is 9.26. The van der Waals surface area contributed by atoms with Gasteiger partial charge in [0.05, 0.1) is 5.52 Å². The van der Waals surface area contributed by atoms with E-state index >= 15 is 0 Å². The number of aryl methyl sites for hydroxylation is 2. The van der Waals surface area contributed by atoms with Crippen molar-refractivity contribution in [3.8, 4) is 0 Å². The van der Waals surface area contributed by atoms with Gasteiger partial charge in [0.25, 0.3) is 0 Å². The van der Waals surface area contributed by atoms with Crippen molar-refractivity contribution in [2.24, 2.45) is 0 Å². The molecule has 2 N–H and O–H groups in total. The van der Waals surface area contributed by atoms with Crippen LogP contribution in [0.25, 0.3) is 22.1 Å². The van der Waals surface area contributed by atoms with Crippen molar-refractivity contribution in [3.05, 3.63) is 24.2 Å². The SMILES string of the molecule is CCCc1nc2c(N)nc3cccnc3c2n1CC. The molecule has 98 valence electrons. The molecule has 0 spiro atoms. The van der Waals surface area contributed by atoms with Crippen molar-refractivity contribution in [1.29, 1.82) is 0 Å². The molecule has 0 unspecified atom stereocenters. The van der Waals surface area contributed by atoms with E-state index < -0.39 is 0 Å². The fraction of sp³-hybridized carbons (Fsp3) is 0.357. The molecule has 5 nitrogen and oxygen atoms in total. The fourth-order valence-electron chi connectivity index (χ4n) is 2.53. The van der Waals surface area contributed by atoms with E-state index in [-0.39, 0.29) is 0 Å². The van der Waals surface area contributed by atoms with Crippen molar-refractivity contribution in [3.63, 3.8) is 0 Å². The Hall–Kier alpha value is -2.17. The molecule has 0 aromatic carbocycles. The van der Waals surface area contributed by atoms with E-state index in [4.69, 9.17) is 5.73 Å². The lowest BCUT2D eigenvalue weighted by Crippen LogP contribution is -2.02. The molecular weight excluding hydrogens is 238 g/mol. The molecule has 3 aromatic rings. The van der Waals surface area contributed by atoms with Crippen molar-refractivity contribution < 1.29 is 0 Å². The number of fused-ring (bicyclic) bond motifs is 3. The van der Waals surface area contributed by atoms with Gasteiger partial charge in [-0.25, -0.2) is 9.97 Å². The lowest BCUT2D eigenvalue weighted by atomic mass is 10.2. The first kappa shape index (κ1) is 11.9. The molecule has 0 radical (unpaired) electrons. The van der Waals surface area contributed by atoms with E-state index in [0.717, 1.165) is 47.3 Å². The number of hydrogen-bond acceptors (Lipinski definition) is 4. The van der Waals surface area contributed by atoms with Crippen LogP contribution >= 0.6 is 0 Å². The van der Waals surface area contributed by atoms with Crippen LogP contribution in [0.1, 0.15) is 26.1 Å². The number of nitrogens with zero attached hydrogens (tertiary/aromatic N) is 4. The number of aromatic nitrogens is 4. The Bertz CT molecular complexity index is 744. The monoisotopic (exact) mass is 255 g/mol. The van der Waals surface area contributed by atoms with Crippen LogP contribution in [0, 0.1) is 0 Å². The van der Waals surface area contributed by atoms with Crippen LogP contribution in [-0.4, -0.2) is 19.5 Å². The molecule has 0 fully saturated rings. The van der Waals surface area contributed by atoms with Gasteiger partial charge in [-0.15, -0.1) is 0 Å². The first-order valence-electron chi connectivity index (χ1n) is 6.65. The molecule has 0 bridgehead atoms. The number of anilines is 1. The third-order valence-corrected chi connectivity index (χ3v) is 3.33. The van der Waals surface area contributed by atoms with E-state index in [9.17, 15) is 0 Å². The van der Waals surface area contributed by atoms with E-state index in [1.165, 1.54) is 0 Å². The summed E-state index contributed by atoms with van der Waals surface area (Å²) < 4.78 is 2.20. The third-order valence-electron chi connectivity index (χ3n) is 3.33. The Morgan fingerprint density at radius 3 is 2.79 bits per heavy atom. The minimum absolute atomic E-state index is 0.486. The summed E-state index contributed by atoms with van der Waals surface area (Å²) in [4.78, 5) is 13.5. The Morgan fingerprint density at radius 2 is 2.05 bits per heavy atom. The highest BCUT2D eigenvalue weighted by Gasteiger charge is 2.16. The standard InChI is InChI=1S/C14H17N5/c1-3-6-10-18-12-13(19(10)4-2)11-9(17-14(12)15)7-5-8-16-11/h5,7-8H,3-4,6H2,1-2H3,(H2,15,17).